The topological polar surface area (TPSA) is 26.0 Å². The Hall–Kier alpha value is -1.01. The average molecular weight is 453 g/mol. The standard InChI is InChI=1S/C18H15BrCl2F3N/c1-10-6-13(8-16(20)17(10)21)14(18(22,23)24)5-3-11-2-4-12(9-25)15(19)7-11/h2-8,14H,9,25H2,1H3/b5-3+. The van der Waals surface area contributed by atoms with Crippen molar-refractivity contribution in [2.45, 2.75) is 25.6 Å². The van der Waals surface area contributed by atoms with E-state index in [0.717, 1.165) is 16.1 Å². The van der Waals surface area contributed by atoms with E-state index >= 15 is 0 Å². The van der Waals surface area contributed by atoms with Gasteiger partial charge in [-0.1, -0.05) is 69.5 Å². The third-order valence-corrected chi connectivity index (χ3v) is 5.36. The van der Waals surface area contributed by atoms with Crippen molar-refractivity contribution in [1.82, 2.24) is 0 Å². The molecule has 0 spiro atoms. The number of allylic oxidation sites excluding steroid dienone is 1. The summed E-state index contributed by atoms with van der Waals surface area (Å²) in [4.78, 5) is 0. The largest absolute Gasteiger partial charge is 0.399 e. The maximum atomic E-state index is 13.5. The van der Waals surface area contributed by atoms with Crippen LogP contribution in [-0.4, -0.2) is 6.18 Å². The van der Waals surface area contributed by atoms with Gasteiger partial charge in [0, 0.05) is 11.0 Å². The monoisotopic (exact) mass is 451 g/mol. The van der Waals surface area contributed by atoms with Crippen LogP contribution in [0.4, 0.5) is 13.2 Å². The first-order valence-electron chi connectivity index (χ1n) is 7.32. The van der Waals surface area contributed by atoms with Gasteiger partial charge in [-0.2, -0.15) is 13.2 Å². The molecule has 2 aromatic carbocycles. The molecule has 0 aromatic heterocycles. The molecule has 0 heterocycles. The first-order valence-corrected chi connectivity index (χ1v) is 8.87. The van der Waals surface area contributed by atoms with E-state index in [0.29, 0.717) is 17.7 Å². The zero-order valence-electron chi connectivity index (χ0n) is 13.2. The van der Waals surface area contributed by atoms with E-state index in [-0.39, 0.29) is 15.6 Å². The Balaban J connectivity index is 2.41. The van der Waals surface area contributed by atoms with Crippen LogP contribution in [0.2, 0.25) is 10.0 Å². The summed E-state index contributed by atoms with van der Waals surface area (Å²) in [5, 5.41) is 0.367. The van der Waals surface area contributed by atoms with Crippen molar-refractivity contribution in [2.24, 2.45) is 5.73 Å². The molecular formula is C18H15BrCl2F3N. The maximum Gasteiger partial charge on any atom is 0.399 e. The van der Waals surface area contributed by atoms with Crippen LogP contribution in [0.15, 0.2) is 40.9 Å². The third kappa shape index (κ3) is 5.00. The normalized spacial score (nSPS) is 13.4. The molecule has 2 N–H and O–H groups in total. The van der Waals surface area contributed by atoms with Crippen molar-refractivity contribution in [1.29, 1.82) is 0 Å². The summed E-state index contributed by atoms with van der Waals surface area (Å²) in [6.45, 7) is 1.97. The fraction of sp³-hybridized carbons (Fsp3) is 0.222. The number of nitrogens with two attached hydrogens (primary N) is 1. The fourth-order valence-electron chi connectivity index (χ4n) is 2.38. The summed E-state index contributed by atoms with van der Waals surface area (Å²) in [5.74, 6) is -1.78. The minimum atomic E-state index is -4.45. The minimum absolute atomic E-state index is 0.0493. The van der Waals surface area contributed by atoms with Gasteiger partial charge in [-0.25, -0.2) is 0 Å². The molecule has 2 rings (SSSR count). The highest BCUT2D eigenvalue weighted by Gasteiger charge is 2.39. The molecule has 0 aliphatic rings. The van der Waals surface area contributed by atoms with Crippen molar-refractivity contribution < 1.29 is 13.2 Å². The molecule has 25 heavy (non-hydrogen) atoms. The predicted octanol–water partition coefficient (Wildman–Crippen LogP) is 6.88. The average Bonchev–Trinajstić information content (AvgIpc) is 2.51. The summed E-state index contributed by atoms with van der Waals surface area (Å²) in [7, 11) is 0. The van der Waals surface area contributed by atoms with E-state index in [1.54, 1.807) is 25.1 Å². The molecule has 0 radical (unpaired) electrons. The molecular weight excluding hydrogens is 438 g/mol. The molecule has 1 unspecified atom stereocenters. The van der Waals surface area contributed by atoms with Gasteiger partial charge in [0.2, 0.25) is 0 Å². The van der Waals surface area contributed by atoms with Gasteiger partial charge in [-0.05, 0) is 41.3 Å². The summed E-state index contributed by atoms with van der Waals surface area (Å²) in [5.41, 5.74) is 7.64. The zero-order chi connectivity index (χ0) is 18.8. The summed E-state index contributed by atoms with van der Waals surface area (Å²) in [6, 6.07) is 7.88. The number of hydrogen-bond acceptors (Lipinski definition) is 1. The highest BCUT2D eigenvalue weighted by molar-refractivity contribution is 9.10. The molecule has 134 valence electrons. The molecule has 0 bridgehead atoms. The van der Waals surface area contributed by atoms with Crippen LogP contribution >= 0.6 is 39.1 Å². The Kier molecular flexibility index (Phi) is 6.60. The van der Waals surface area contributed by atoms with Gasteiger partial charge < -0.3 is 5.73 Å². The van der Waals surface area contributed by atoms with Crippen molar-refractivity contribution in [3.05, 3.63) is 73.2 Å². The van der Waals surface area contributed by atoms with Crippen molar-refractivity contribution in [3.63, 3.8) is 0 Å². The number of alkyl halides is 3. The molecule has 1 atom stereocenters. The SMILES string of the molecule is Cc1cc(C(/C=C/c2ccc(CN)c(Br)c2)C(F)(F)F)cc(Cl)c1Cl. The van der Waals surface area contributed by atoms with Gasteiger partial charge in [0.1, 0.15) is 0 Å². The first-order chi connectivity index (χ1) is 11.6. The Labute approximate surface area is 162 Å². The molecule has 7 heteroatoms. The highest BCUT2D eigenvalue weighted by atomic mass is 79.9. The van der Waals surface area contributed by atoms with E-state index in [2.05, 4.69) is 15.9 Å². The highest BCUT2D eigenvalue weighted by Crippen LogP contribution is 2.39. The minimum Gasteiger partial charge on any atom is -0.326 e. The summed E-state index contributed by atoms with van der Waals surface area (Å²) in [6.07, 6.45) is -1.90. The second-order valence-electron chi connectivity index (χ2n) is 5.57. The van der Waals surface area contributed by atoms with Crippen molar-refractivity contribution in [2.75, 3.05) is 0 Å². The third-order valence-electron chi connectivity index (χ3n) is 3.72. The Morgan fingerprint density at radius 2 is 1.88 bits per heavy atom. The Morgan fingerprint density at radius 3 is 2.40 bits per heavy atom. The number of rotatable bonds is 4. The van der Waals surface area contributed by atoms with Gasteiger partial charge in [0.15, 0.2) is 0 Å². The molecule has 0 fully saturated rings. The lowest BCUT2D eigenvalue weighted by Gasteiger charge is -2.19. The summed E-state index contributed by atoms with van der Waals surface area (Å²) < 4.78 is 41.3. The van der Waals surface area contributed by atoms with Crippen molar-refractivity contribution in [3.8, 4) is 0 Å². The van der Waals surface area contributed by atoms with Crippen LogP contribution in [0, 0.1) is 6.92 Å². The second kappa shape index (κ2) is 8.12. The lowest BCUT2D eigenvalue weighted by atomic mass is 9.95. The fourth-order valence-corrected chi connectivity index (χ4v) is 3.32. The Bertz CT molecular complexity index is 780. The van der Waals surface area contributed by atoms with Crippen LogP contribution in [0.25, 0.3) is 6.08 Å². The number of aryl methyl sites for hydroxylation is 1. The molecule has 0 saturated heterocycles. The molecule has 0 saturated carbocycles. The predicted molar refractivity (Wildman–Crippen MR) is 101 cm³/mol. The molecule has 2 aromatic rings. The molecule has 0 aliphatic heterocycles. The Morgan fingerprint density at radius 1 is 1.20 bits per heavy atom. The van der Waals surface area contributed by atoms with E-state index in [1.165, 1.54) is 18.2 Å². The van der Waals surface area contributed by atoms with Crippen LogP contribution in [-0.2, 0) is 6.54 Å². The quantitative estimate of drug-likeness (QED) is 0.537. The van der Waals surface area contributed by atoms with E-state index < -0.39 is 12.1 Å². The van der Waals surface area contributed by atoms with Gasteiger partial charge in [0.25, 0.3) is 0 Å². The van der Waals surface area contributed by atoms with Crippen molar-refractivity contribution >= 4 is 45.2 Å². The molecule has 0 aliphatic carbocycles. The van der Waals surface area contributed by atoms with Gasteiger partial charge in [-0.15, -0.1) is 0 Å². The van der Waals surface area contributed by atoms with Gasteiger partial charge >= 0.3 is 6.18 Å². The van der Waals surface area contributed by atoms with Crippen LogP contribution in [0.3, 0.4) is 0 Å². The van der Waals surface area contributed by atoms with Gasteiger partial charge in [-0.3, -0.25) is 0 Å². The van der Waals surface area contributed by atoms with Crippen LogP contribution in [0.5, 0.6) is 0 Å². The maximum absolute atomic E-state index is 13.5. The summed E-state index contributed by atoms with van der Waals surface area (Å²) >= 11 is 15.2. The second-order valence-corrected chi connectivity index (χ2v) is 7.21. The van der Waals surface area contributed by atoms with E-state index in [4.69, 9.17) is 28.9 Å². The first kappa shape index (κ1) is 20.3. The van der Waals surface area contributed by atoms with Gasteiger partial charge in [0.05, 0.1) is 16.0 Å². The van der Waals surface area contributed by atoms with E-state index in [9.17, 15) is 13.2 Å². The van der Waals surface area contributed by atoms with E-state index in [1.807, 2.05) is 0 Å². The van der Waals surface area contributed by atoms with Crippen LogP contribution < -0.4 is 5.73 Å². The number of hydrogen-bond donors (Lipinski definition) is 1. The molecule has 0 amide bonds. The molecule has 1 nitrogen and oxygen atoms in total. The number of benzene rings is 2. The van der Waals surface area contributed by atoms with Crippen LogP contribution in [0.1, 0.15) is 28.2 Å². The lowest BCUT2D eigenvalue weighted by molar-refractivity contribution is -0.139. The zero-order valence-corrected chi connectivity index (χ0v) is 16.3. The smallest absolute Gasteiger partial charge is 0.326 e. The number of halogens is 6. The lowest BCUT2D eigenvalue weighted by Crippen LogP contribution is -2.19.